The number of carbonyl (C=O) groups is 2. The average molecular weight is 503 g/mol. The van der Waals surface area contributed by atoms with Crippen molar-refractivity contribution in [2.24, 2.45) is 11.8 Å². The van der Waals surface area contributed by atoms with Crippen molar-refractivity contribution in [3.8, 4) is 12.1 Å². The standard InChI is InChI=1S/C32H26N2O4/c1-17(2)15-37-31(35)25-11-9-23-24-10-12-26(32(36)38-16-18(3)4)28-20(14-34)6-8-22(30(24)28)21-7-5-19(13-33)27(25)29(21)23/h5-12,17-18H,15-16H2,1-4H3. The summed E-state index contributed by atoms with van der Waals surface area (Å²) in [6.45, 7) is 8.41. The molecule has 0 aliphatic rings. The van der Waals surface area contributed by atoms with E-state index in [4.69, 9.17) is 9.47 Å². The first kappa shape index (κ1) is 25.0. The minimum atomic E-state index is -0.474. The van der Waals surface area contributed by atoms with Gasteiger partial charge >= 0.3 is 11.9 Å². The van der Waals surface area contributed by atoms with Crippen molar-refractivity contribution in [3.63, 3.8) is 0 Å². The highest BCUT2D eigenvalue weighted by atomic mass is 16.5. The monoisotopic (exact) mass is 502 g/mol. The van der Waals surface area contributed by atoms with Crippen LogP contribution in [0.25, 0.3) is 43.1 Å². The van der Waals surface area contributed by atoms with E-state index in [1.54, 1.807) is 24.3 Å². The number of nitrogens with zero attached hydrogens (tertiary/aromatic N) is 2. The van der Waals surface area contributed by atoms with Gasteiger partial charge < -0.3 is 9.47 Å². The molecule has 188 valence electrons. The molecular weight excluding hydrogens is 476 g/mol. The molecule has 6 nitrogen and oxygen atoms in total. The van der Waals surface area contributed by atoms with Crippen molar-refractivity contribution in [3.05, 3.63) is 70.8 Å². The first-order valence-electron chi connectivity index (χ1n) is 12.6. The Morgan fingerprint density at radius 3 is 1.26 bits per heavy atom. The molecule has 5 aromatic carbocycles. The van der Waals surface area contributed by atoms with E-state index < -0.39 is 11.9 Å². The topological polar surface area (TPSA) is 100 Å². The molecule has 0 amide bonds. The van der Waals surface area contributed by atoms with Crippen LogP contribution in [0, 0.1) is 34.5 Å². The lowest BCUT2D eigenvalue weighted by Gasteiger charge is -2.19. The lowest BCUT2D eigenvalue weighted by atomic mass is 9.84. The second-order valence-corrected chi connectivity index (χ2v) is 10.4. The molecule has 5 aromatic rings. The highest BCUT2D eigenvalue weighted by molar-refractivity contribution is 6.36. The zero-order chi connectivity index (χ0) is 27.1. The number of benzene rings is 5. The summed E-state index contributed by atoms with van der Waals surface area (Å²) in [4.78, 5) is 26.2. The fraction of sp³-hybridized carbons (Fsp3) is 0.250. The Hall–Kier alpha value is -4.68. The maximum absolute atomic E-state index is 13.1. The number of fused-ring (bicyclic) bond motifs is 2. The van der Waals surface area contributed by atoms with E-state index in [1.807, 2.05) is 52.0 Å². The van der Waals surface area contributed by atoms with Crippen molar-refractivity contribution >= 4 is 55.0 Å². The van der Waals surface area contributed by atoms with Crippen molar-refractivity contribution in [2.75, 3.05) is 13.2 Å². The maximum Gasteiger partial charge on any atom is 0.338 e. The largest absolute Gasteiger partial charge is 0.462 e. The smallest absolute Gasteiger partial charge is 0.338 e. The van der Waals surface area contributed by atoms with Gasteiger partial charge in [0.05, 0.1) is 47.6 Å². The molecule has 0 spiro atoms. The Labute approximate surface area is 220 Å². The Morgan fingerprint density at radius 2 is 0.947 bits per heavy atom. The van der Waals surface area contributed by atoms with E-state index in [0.29, 0.717) is 33.0 Å². The molecule has 0 heterocycles. The normalized spacial score (nSPS) is 11.5. The van der Waals surface area contributed by atoms with E-state index in [-0.39, 0.29) is 25.0 Å². The first-order valence-corrected chi connectivity index (χ1v) is 12.6. The molecule has 0 fully saturated rings. The molecular formula is C32H26N2O4. The lowest BCUT2D eigenvalue weighted by molar-refractivity contribution is 0.0453. The third-order valence-corrected chi connectivity index (χ3v) is 6.68. The minimum Gasteiger partial charge on any atom is -0.462 e. The molecule has 0 bridgehead atoms. The van der Waals surface area contributed by atoms with Crippen LogP contribution in [-0.4, -0.2) is 25.2 Å². The Bertz CT molecular complexity index is 1680. The van der Waals surface area contributed by atoms with Gasteiger partial charge in [0.2, 0.25) is 0 Å². The zero-order valence-electron chi connectivity index (χ0n) is 21.7. The summed E-state index contributed by atoms with van der Waals surface area (Å²) in [6.07, 6.45) is 0. The van der Waals surface area contributed by atoms with Crippen molar-refractivity contribution in [1.29, 1.82) is 10.5 Å². The molecule has 0 N–H and O–H groups in total. The highest BCUT2D eigenvalue weighted by Crippen LogP contribution is 2.44. The molecule has 0 unspecified atom stereocenters. The van der Waals surface area contributed by atoms with E-state index in [2.05, 4.69) is 12.1 Å². The molecule has 0 aliphatic carbocycles. The van der Waals surface area contributed by atoms with Crippen LogP contribution in [-0.2, 0) is 9.47 Å². The molecule has 0 atom stereocenters. The summed E-state index contributed by atoms with van der Waals surface area (Å²) < 4.78 is 11.1. The van der Waals surface area contributed by atoms with E-state index in [9.17, 15) is 20.1 Å². The van der Waals surface area contributed by atoms with Gasteiger partial charge in [-0.2, -0.15) is 10.5 Å². The summed E-state index contributed by atoms with van der Waals surface area (Å²) in [7, 11) is 0. The van der Waals surface area contributed by atoms with Crippen molar-refractivity contribution < 1.29 is 19.1 Å². The van der Waals surface area contributed by atoms with Crippen LogP contribution >= 0.6 is 0 Å². The van der Waals surface area contributed by atoms with Gasteiger partial charge in [-0.25, -0.2) is 9.59 Å². The fourth-order valence-electron chi connectivity index (χ4n) is 5.06. The number of hydrogen-bond donors (Lipinski definition) is 0. The molecule has 6 heteroatoms. The molecule has 5 rings (SSSR count). The van der Waals surface area contributed by atoms with Gasteiger partial charge in [0.1, 0.15) is 0 Å². The number of ether oxygens (including phenoxy) is 2. The second kappa shape index (κ2) is 9.65. The zero-order valence-corrected chi connectivity index (χ0v) is 21.7. The number of carbonyl (C=O) groups excluding carboxylic acids is 2. The van der Waals surface area contributed by atoms with Crippen molar-refractivity contribution in [2.45, 2.75) is 27.7 Å². The predicted octanol–water partition coefficient (Wildman–Crippen LogP) is 7.11. The summed E-state index contributed by atoms with van der Waals surface area (Å²) in [6, 6.07) is 18.7. The molecule has 0 saturated heterocycles. The van der Waals surface area contributed by atoms with Gasteiger partial charge in [0, 0.05) is 10.8 Å². The van der Waals surface area contributed by atoms with Gasteiger partial charge in [-0.3, -0.25) is 0 Å². The van der Waals surface area contributed by atoms with Crippen LogP contribution in [0.4, 0.5) is 0 Å². The van der Waals surface area contributed by atoms with Gasteiger partial charge in [0.25, 0.3) is 0 Å². The van der Waals surface area contributed by atoms with Crippen LogP contribution in [0.2, 0.25) is 0 Å². The SMILES string of the molecule is CC(C)COC(=O)c1ccc2c3ccc(C(=O)OCC(C)C)c4c(C#N)ccc(c5ccc(C#N)c1c52)c43. The molecule has 0 radical (unpaired) electrons. The maximum atomic E-state index is 13.1. The number of nitriles is 2. The van der Waals surface area contributed by atoms with E-state index >= 15 is 0 Å². The molecule has 0 aromatic heterocycles. The third-order valence-electron chi connectivity index (χ3n) is 6.68. The van der Waals surface area contributed by atoms with Crippen molar-refractivity contribution in [1.82, 2.24) is 0 Å². The fourth-order valence-corrected chi connectivity index (χ4v) is 5.06. The minimum absolute atomic E-state index is 0.176. The highest BCUT2D eigenvalue weighted by Gasteiger charge is 2.24. The van der Waals surface area contributed by atoms with E-state index in [1.165, 1.54) is 0 Å². The molecule has 0 aliphatic heterocycles. The summed E-state index contributed by atoms with van der Waals surface area (Å²) in [5.41, 5.74) is 1.43. The van der Waals surface area contributed by atoms with Crippen LogP contribution in [0.5, 0.6) is 0 Å². The first-order chi connectivity index (χ1) is 18.3. The Balaban J connectivity index is 1.88. The lowest BCUT2D eigenvalue weighted by Crippen LogP contribution is -2.12. The second-order valence-electron chi connectivity index (χ2n) is 10.4. The summed E-state index contributed by atoms with van der Waals surface area (Å²) in [5.74, 6) is -0.597. The molecule has 38 heavy (non-hydrogen) atoms. The van der Waals surface area contributed by atoms with Crippen LogP contribution in [0.15, 0.2) is 48.5 Å². The Kier molecular flexibility index (Phi) is 6.35. The summed E-state index contributed by atoms with van der Waals surface area (Å²) >= 11 is 0. The van der Waals surface area contributed by atoms with Gasteiger partial charge in [-0.1, -0.05) is 52.0 Å². The van der Waals surface area contributed by atoms with Crippen LogP contribution < -0.4 is 0 Å². The van der Waals surface area contributed by atoms with Gasteiger partial charge in [0.15, 0.2) is 0 Å². The van der Waals surface area contributed by atoms with Crippen LogP contribution in [0.1, 0.15) is 59.5 Å². The third kappa shape index (κ3) is 3.96. The predicted molar refractivity (Wildman–Crippen MR) is 147 cm³/mol. The Morgan fingerprint density at radius 1 is 0.605 bits per heavy atom. The van der Waals surface area contributed by atoms with Gasteiger partial charge in [-0.15, -0.1) is 0 Å². The average Bonchev–Trinajstić information content (AvgIpc) is 2.92. The van der Waals surface area contributed by atoms with E-state index in [0.717, 1.165) is 32.3 Å². The number of rotatable bonds is 6. The van der Waals surface area contributed by atoms with Gasteiger partial charge in [-0.05, 0) is 68.4 Å². The number of esters is 2. The van der Waals surface area contributed by atoms with Crippen LogP contribution in [0.3, 0.4) is 0 Å². The number of hydrogen-bond acceptors (Lipinski definition) is 6. The quantitative estimate of drug-likeness (QED) is 0.139. The summed E-state index contributed by atoms with van der Waals surface area (Å²) in [5, 5.41) is 25.8. The molecule has 0 saturated carbocycles.